The van der Waals surface area contributed by atoms with E-state index in [0.717, 1.165) is 5.56 Å². The van der Waals surface area contributed by atoms with E-state index in [1.807, 2.05) is 6.07 Å². The molecule has 8 nitrogen and oxygen atoms in total. The number of esters is 1. The molecule has 2 N–H and O–H groups in total. The number of carbonyl (C=O) groups is 3. The Morgan fingerprint density at radius 2 is 1.79 bits per heavy atom. The summed E-state index contributed by atoms with van der Waals surface area (Å²) in [5, 5.41) is 5.28. The van der Waals surface area contributed by atoms with Crippen LogP contribution in [0.2, 0.25) is 0 Å². The lowest BCUT2D eigenvalue weighted by Crippen LogP contribution is -2.48. The molecule has 0 radical (unpaired) electrons. The molecular formula is C20H28N2O6S. The fourth-order valence-corrected chi connectivity index (χ4v) is 4.75. The maximum atomic E-state index is 12.6. The number of rotatable bonds is 7. The minimum Gasteiger partial charge on any atom is -0.451 e. The van der Waals surface area contributed by atoms with Crippen molar-refractivity contribution in [2.24, 2.45) is 5.92 Å². The maximum Gasteiger partial charge on any atom is 0.329 e. The molecule has 3 atom stereocenters. The van der Waals surface area contributed by atoms with Gasteiger partial charge < -0.3 is 15.4 Å². The first-order valence-corrected chi connectivity index (χ1v) is 11.4. The van der Waals surface area contributed by atoms with Gasteiger partial charge in [-0.1, -0.05) is 32.0 Å². The molecule has 1 fully saturated rings. The first-order valence-electron chi connectivity index (χ1n) is 9.58. The van der Waals surface area contributed by atoms with E-state index < -0.39 is 45.8 Å². The van der Waals surface area contributed by atoms with Crippen molar-refractivity contribution in [1.29, 1.82) is 0 Å². The summed E-state index contributed by atoms with van der Waals surface area (Å²) in [4.78, 5) is 37.4. The fourth-order valence-electron chi connectivity index (χ4n) is 3.07. The highest BCUT2D eigenvalue weighted by Crippen LogP contribution is 2.13. The number of benzene rings is 1. The zero-order valence-electron chi connectivity index (χ0n) is 17.1. The third kappa shape index (κ3) is 6.28. The van der Waals surface area contributed by atoms with Gasteiger partial charge in [-0.05, 0) is 37.8 Å². The van der Waals surface area contributed by atoms with Crippen molar-refractivity contribution in [3.63, 3.8) is 0 Å². The Hall–Kier alpha value is -2.42. The summed E-state index contributed by atoms with van der Waals surface area (Å²) in [5.74, 6) is -2.01. The molecule has 1 heterocycles. The van der Waals surface area contributed by atoms with Crippen molar-refractivity contribution in [2.75, 3.05) is 11.5 Å². The molecule has 0 bridgehead atoms. The van der Waals surface area contributed by atoms with E-state index in [0.29, 0.717) is 12.0 Å². The molecule has 0 spiro atoms. The molecular weight excluding hydrogens is 396 g/mol. The molecule has 29 heavy (non-hydrogen) atoms. The third-order valence-corrected chi connectivity index (χ3v) is 6.61. The van der Waals surface area contributed by atoms with Crippen molar-refractivity contribution < 1.29 is 27.5 Å². The van der Waals surface area contributed by atoms with Crippen LogP contribution >= 0.6 is 0 Å². The number of nitrogens with one attached hydrogen (secondary N) is 2. The number of amides is 2. The minimum atomic E-state index is -3.13. The van der Waals surface area contributed by atoms with E-state index >= 15 is 0 Å². The van der Waals surface area contributed by atoms with Crippen molar-refractivity contribution in [2.45, 2.75) is 52.3 Å². The average Bonchev–Trinajstić information content (AvgIpc) is 2.97. The number of hydrogen-bond acceptors (Lipinski definition) is 6. The normalized spacial score (nSPS) is 20.0. The predicted molar refractivity (Wildman–Crippen MR) is 108 cm³/mol. The Kier molecular flexibility index (Phi) is 7.40. The number of aryl methyl sites for hydroxylation is 1. The SMILES string of the molecule is Cc1ccccc1C(=O)N[C@H](C(=O)O[C@@H](C)C(=O)N[C@@H]1CCS(=O)(=O)C1)C(C)C. The highest BCUT2D eigenvalue weighted by Gasteiger charge is 2.33. The fraction of sp³-hybridized carbons (Fsp3) is 0.550. The topological polar surface area (TPSA) is 119 Å². The van der Waals surface area contributed by atoms with E-state index in [9.17, 15) is 22.8 Å². The molecule has 160 valence electrons. The molecule has 2 rings (SSSR count). The molecule has 1 aliphatic heterocycles. The number of hydrogen-bond donors (Lipinski definition) is 2. The van der Waals surface area contributed by atoms with E-state index in [1.165, 1.54) is 6.92 Å². The summed E-state index contributed by atoms with van der Waals surface area (Å²) in [6, 6.07) is 5.61. The second-order valence-electron chi connectivity index (χ2n) is 7.70. The van der Waals surface area contributed by atoms with E-state index in [1.54, 1.807) is 39.0 Å². The first kappa shape index (κ1) is 22.9. The molecule has 9 heteroatoms. The summed E-state index contributed by atoms with van der Waals surface area (Å²) < 4.78 is 28.3. The lowest BCUT2D eigenvalue weighted by Gasteiger charge is -2.23. The Labute approximate surface area is 171 Å². The lowest BCUT2D eigenvalue weighted by molar-refractivity contribution is -0.157. The largest absolute Gasteiger partial charge is 0.451 e. The predicted octanol–water partition coefficient (Wildman–Crippen LogP) is 0.984. The molecule has 1 aromatic rings. The average molecular weight is 425 g/mol. The highest BCUT2D eigenvalue weighted by atomic mass is 32.2. The van der Waals surface area contributed by atoms with Gasteiger partial charge in [-0.15, -0.1) is 0 Å². The van der Waals surface area contributed by atoms with Gasteiger partial charge in [0.2, 0.25) is 0 Å². The van der Waals surface area contributed by atoms with Crippen LogP contribution in [0.1, 0.15) is 43.1 Å². The van der Waals surface area contributed by atoms with Crippen LogP contribution in [-0.4, -0.2) is 55.9 Å². The lowest BCUT2D eigenvalue weighted by atomic mass is 10.0. The van der Waals surface area contributed by atoms with Crippen molar-refractivity contribution in [1.82, 2.24) is 10.6 Å². The van der Waals surface area contributed by atoms with Crippen LogP contribution in [0.5, 0.6) is 0 Å². The van der Waals surface area contributed by atoms with Gasteiger partial charge in [-0.3, -0.25) is 9.59 Å². The summed E-state index contributed by atoms with van der Waals surface area (Å²) in [6.07, 6.45) is -0.766. The first-order chi connectivity index (χ1) is 13.5. The third-order valence-electron chi connectivity index (χ3n) is 4.84. The van der Waals surface area contributed by atoms with Gasteiger partial charge in [-0.2, -0.15) is 0 Å². The molecule has 1 aliphatic rings. The number of sulfone groups is 1. The Balaban J connectivity index is 1.97. The summed E-state index contributed by atoms with van der Waals surface area (Å²) in [6.45, 7) is 6.74. The van der Waals surface area contributed by atoms with Crippen molar-refractivity contribution >= 4 is 27.6 Å². The van der Waals surface area contributed by atoms with Crippen LogP contribution in [0.3, 0.4) is 0 Å². The zero-order valence-corrected chi connectivity index (χ0v) is 17.9. The molecule has 0 aliphatic carbocycles. The zero-order chi connectivity index (χ0) is 21.8. The van der Waals surface area contributed by atoms with Gasteiger partial charge in [0.05, 0.1) is 11.5 Å². The minimum absolute atomic E-state index is 0.0342. The Morgan fingerprint density at radius 3 is 2.34 bits per heavy atom. The van der Waals surface area contributed by atoms with Crippen molar-refractivity contribution in [3.8, 4) is 0 Å². The smallest absolute Gasteiger partial charge is 0.329 e. The summed E-state index contributed by atoms with van der Waals surface area (Å²) in [5.41, 5.74) is 1.24. The second-order valence-corrected chi connectivity index (χ2v) is 9.93. The molecule has 1 aromatic carbocycles. The molecule has 0 unspecified atom stereocenters. The molecule has 2 amide bonds. The van der Waals surface area contributed by atoms with Gasteiger partial charge in [-0.25, -0.2) is 13.2 Å². The standard InChI is InChI=1S/C20H28N2O6S/c1-12(2)17(22-19(24)16-8-6-5-7-13(16)3)20(25)28-14(4)18(23)21-15-9-10-29(26,27)11-15/h5-8,12,14-15,17H,9-11H2,1-4H3,(H,21,23)(H,22,24)/t14-,15+,17-/m0/s1. The van der Waals surface area contributed by atoms with Crippen LogP contribution in [0.15, 0.2) is 24.3 Å². The van der Waals surface area contributed by atoms with E-state index in [2.05, 4.69) is 10.6 Å². The molecule has 0 saturated carbocycles. The van der Waals surface area contributed by atoms with Crippen molar-refractivity contribution in [3.05, 3.63) is 35.4 Å². The van der Waals surface area contributed by atoms with Crippen LogP contribution < -0.4 is 10.6 Å². The number of ether oxygens (including phenoxy) is 1. The molecule has 0 aromatic heterocycles. The van der Waals surface area contributed by atoms with Crippen LogP contribution in [0.25, 0.3) is 0 Å². The van der Waals surface area contributed by atoms with E-state index in [-0.39, 0.29) is 17.4 Å². The quantitative estimate of drug-likeness (QED) is 0.630. The number of carbonyl (C=O) groups excluding carboxylic acids is 3. The van der Waals surface area contributed by atoms with Gasteiger partial charge in [0.15, 0.2) is 15.9 Å². The highest BCUT2D eigenvalue weighted by molar-refractivity contribution is 7.91. The van der Waals surface area contributed by atoms with Crippen LogP contribution in [-0.2, 0) is 24.2 Å². The van der Waals surface area contributed by atoms with Crippen LogP contribution in [0.4, 0.5) is 0 Å². The summed E-state index contributed by atoms with van der Waals surface area (Å²) >= 11 is 0. The monoisotopic (exact) mass is 424 g/mol. The Bertz CT molecular complexity index is 881. The van der Waals surface area contributed by atoms with Gasteiger partial charge >= 0.3 is 5.97 Å². The van der Waals surface area contributed by atoms with E-state index in [4.69, 9.17) is 4.74 Å². The van der Waals surface area contributed by atoms with Crippen LogP contribution in [0, 0.1) is 12.8 Å². The maximum absolute atomic E-state index is 12.6. The Morgan fingerprint density at radius 1 is 1.14 bits per heavy atom. The van der Waals surface area contributed by atoms with Gasteiger partial charge in [0, 0.05) is 11.6 Å². The summed E-state index contributed by atoms with van der Waals surface area (Å²) in [7, 11) is -3.13. The molecule has 1 saturated heterocycles. The second kappa shape index (κ2) is 9.39. The van der Waals surface area contributed by atoms with Gasteiger partial charge in [0.1, 0.15) is 6.04 Å². The van der Waals surface area contributed by atoms with Gasteiger partial charge in [0.25, 0.3) is 11.8 Å².